The van der Waals surface area contributed by atoms with Gasteiger partial charge in [-0.2, -0.15) is 5.26 Å². The van der Waals surface area contributed by atoms with Crippen LogP contribution in [0.2, 0.25) is 0 Å². The standard InChI is InChI=1S/C16H11NO4/c17-10-11-1-3-12(4-2-11)13-5-7-14(8-6-13)21-16(20)9-15(18)19/h1-8H,9H2,(H,18,19). The summed E-state index contributed by atoms with van der Waals surface area (Å²) in [5.41, 5.74) is 2.41. The monoisotopic (exact) mass is 281 g/mol. The second kappa shape index (κ2) is 6.35. The first-order chi connectivity index (χ1) is 10.1. The van der Waals surface area contributed by atoms with E-state index >= 15 is 0 Å². The number of nitriles is 1. The second-order valence-electron chi connectivity index (χ2n) is 4.26. The lowest BCUT2D eigenvalue weighted by Crippen LogP contribution is -2.13. The van der Waals surface area contributed by atoms with Gasteiger partial charge in [0, 0.05) is 0 Å². The van der Waals surface area contributed by atoms with E-state index in [0.717, 1.165) is 11.1 Å². The highest BCUT2D eigenvalue weighted by Crippen LogP contribution is 2.23. The highest BCUT2D eigenvalue weighted by molar-refractivity contribution is 5.91. The number of carboxylic acid groups (broad SMARTS) is 1. The Morgan fingerprint density at radius 3 is 2.00 bits per heavy atom. The Hall–Kier alpha value is -3.13. The van der Waals surface area contributed by atoms with Crippen LogP contribution >= 0.6 is 0 Å². The van der Waals surface area contributed by atoms with E-state index in [1.54, 1.807) is 36.4 Å². The maximum atomic E-state index is 11.2. The van der Waals surface area contributed by atoms with Crippen molar-refractivity contribution in [3.05, 3.63) is 54.1 Å². The van der Waals surface area contributed by atoms with Crippen molar-refractivity contribution in [1.29, 1.82) is 5.26 Å². The van der Waals surface area contributed by atoms with E-state index in [1.165, 1.54) is 0 Å². The number of benzene rings is 2. The summed E-state index contributed by atoms with van der Waals surface area (Å²) in [5, 5.41) is 17.2. The molecule has 0 radical (unpaired) electrons. The van der Waals surface area contributed by atoms with Crippen LogP contribution in [-0.4, -0.2) is 17.0 Å². The first kappa shape index (κ1) is 14.3. The van der Waals surface area contributed by atoms with Crippen LogP contribution in [0.15, 0.2) is 48.5 Å². The number of hydrogen-bond donors (Lipinski definition) is 1. The van der Waals surface area contributed by atoms with E-state index in [0.29, 0.717) is 11.3 Å². The third-order valence-electron chi connectivity index (χ3n) is 2.73. The van der Waals surface area contributed by atoms with Crippen molar-refractivity contribution < 1.29 is 19.4 Å². The predicted molar refractivity (Wildman–Crippen MR) is 74.5 cm³/mol. The number of carbonyl (C=O) groups excluding carboxylic acids is 1. The molecule has 1 N–H and O–H groups in total. The molecule has 0 amide bonds. The molecular weight excluding hydrogens is 270 g/mol. The summed E-state index contributed by atoms with van der Waals surface area (Å²) in [4.78, 5) is 21.6. The Labute approximate surface area is 121 Å². The van der Waals surface area contributed by atoms with Gasteiger partial charge in [-0.15, -0.1) is 0 Å². The van der Waals surface area contributed by atoms with E-state index in [4.69, 9.17) is 15.1 Å². The van der Waals surface area contributed by atoms with Gasteiger partial charge in [0.2, 0.25) is 0 Å². The van der Waals surface area contributed by atoms with Crippen molar-refractivity contribution in [1.82, 2.24) is 0 Å². The minimum atomic E-state index is -1.23. The molecule has 0 spiro atoms. The van der Waals surface area contributed by atoms with Gasteiger partial charge in [-0.1, -0.05) is 24.3 Å². The molecule has 2 aromatic rings. The van der Waals surface area contributed by atoms with E-state index in [9.17, 15) is 9.59 Å². The van der Waals surface area contributed by atoms with Crippen LogP contribution in [0.3, 0.4) is 0 Å². The molecular formula is C16H11NO4. The lowest BCUT2D eigenvalue weighted by molar-refractivity contribution is -0.145. The van der Waals surface area contributed by atoms with E-state index < -0.39 is 18.4 Å². The molecule has 0 aliphatic carbocycles. The fourth-order valence-corrected chi connectivity index (χ4v) is 1.74. The van der Waals surface area contributed by atoms with Gasteiger partial charge >= 0.3 is 11.9 Å². The average Bonchev–Trinajstić information content (AvgIpc) is 2.47. The third-order valence-corrected chi connectivity index (χ3v) is 2.73. The highest BCUT2D eigenvalue weighted by Gasteiger charge is 2.10. The molecule has 0 unspecified atom stereocenters. The third kappa shape index (κ3) is 3.91. The van der Waals surface area contributed by atoms with Crippen LogP contribution in [0.5, 0.6) is 5.75 Å². The minimum Gasteiger partial charge on any atom is -0.481 e. The van der Waals surface area contributed by atoms with Crippen LogP contribution in [0.1, 0.15) is 12.0 Å². The fraction of sp³-hybridized carbons (Fsp3) is 0.0625. The van der Waals surface area contributed by atoms with E-state index in [1.807, 2.05) is 18.2 Å². The zero-order valence-corrected chi connectivity index (χ0v) is 10.9. The van der Waals surface area contributed by atoms with Gasteiger partial charge < -0.3 is 9.84 Å². The number of hydrogen-bond acceptors (Lipinski definition) is 4. The summed E-state index contributed by atoms with van der Waals surface area (Å²) in [6.07, 6.45) is -0.669. The van der Waals surface area contributed by atoms with Gasteiger partial charge in [-0.25, -0.2) is 0 Å². The van der Waals surface area contributed by atoms with Gasteiger partial charge in [-0.05, 0) is 35.4 Å². The van der Waals surface area contributed by atoms with Gasteiger partial charge in [0.1, 0.15) is 12.2 Å². The largest absolute Gasteiger partial charge is 0.481 e. The predicted octanol–water partition coefficient (Wildman–Crippen LogP) is 2.61. The molecule has 0 atom stereocenters. The summed E-state index contributed by atoms with van der Waals surface area (Å²) in [5.74, 6) is -1.75. The Morgan fingerprint density at radius 1 is 1.00 bits per heavy atom. The normalized spacial score (nSPS) is 9.67. The first-order valence-electron chi connectivity index (χ1n) is 6.11. The van der Waals surface area contributed by atoms with E-state index in [2.05, 4.69) is 0 Å². The number of carboxylic acids is 1. The molecule has 2 rings (SSSR count). The Morgan fingerprint density at radius 2 is 1.52 bits per heavy atom. The zero-order valence-electron chi connectivity index (χ0n) is 10.9. The number of carbonyl (C=O) groups is 2. The number of ether oxygens (including phenoxy) is 1. The summed E-state index contributed by atoms with van der Waals surface area (Å²) in [7, 11) is 0. The Bertz CT molecular complexity index is 697. The highest BCUT2D eigenvalue weighted by atomic mass is 16.5. The van der Waals surface area contributed by atoms with Crippen LogP contribution in [0.25, 0.3) is 11.1 Å². The Balaban J connectivity index is 2.09. The molecule has 21 heavy (non-hydrogen) atoms. The van der Waals surface area contributed by atoms with Crippen LogP contribution in [0.4, 0.5) is 0 Å². The molecule has 0 aromatic heterocycles. The summed E-state index contributed by atoms with van der Waals surface area (Å²) >= 11 is 0. The summed E-state index contributed by atoms with van der Waals surface area (Å²) in [6.45, 7) is 0. The number of rotatable bonds is 4. The number of aliphatic carboxylic acids is 1. The van der Waals surface area contributed by atoms with Crippen molar-refractivity contribution >= 4 is 11.9 Å². The van der Waals surface area contributed by atoms with Crippen molar-refractivity contribution in [2.45, 2.75) is 6.42 Å². The molecule has 0 fully saturated rings. The molecule has 2 aromatic carbocycles. The van der Waals surface area contributed by atoms with Crippen molar-refractivity contribution in [2.24, 2.45) is 0 Å². The molecule has 0 saturated heterocycles. The van der Waals surface area contributed by atoms with Gasteiger partial charge in [-0.3, -0.25) is 9.59 Å². The second-order valence-corrected chi connectivity index (χ2v) is 4.26. The zero-order chi connectivity index (χ0) is 15.2. The molecule has 0 heterocycles. The topological polar surface area (TPSA) is 87.4 Å². The van der Waals surface area contributed by atoms with Gasteiger partial charge in [0.05, 0.1) is 11.6 Å². The van der Waals surface area contributed by atoms with Crippen LogP contribution in [-0.2, 0) is 9.59 Å². The molecule has 0 aliphatic rings. The van der Waals surface area contributed by atoms with Crippen molar-refractivity contribution in [2.75, 3.05) is 0 Å². The van der Waals surface area contributed by atoms with Gasteiger partial charge in [0.15, 0.2) is 0 Å². The summed E-state index contributed by atoms with van der Waals surface area (Å²) < 4.78 is 4.89. The SMILES string of the molecule is N#Cc1ccc(-c2ccc(OC(=O)CC(=O)O)cc2)cc1. The first-order valence-corrected chi connectivity index (χ1v) is 6.11. The molecule has 5 nitrogen and oxygen atoms in total. The smallest absolute Gasteiger partial charge is 0.322 e. The lowest BCUT2D eigenvalue weighted by atomic mass is 10.0. The maximum absolute atomic E-state index is 11.2. The quantitative estimate of drug-likeness (QED) is 0.528. The molecule has 0 saturated carbocycles. The average molecular weight is 281 g/mol. The fourth-order valence-electron chi connectivity index (χ4n) is 1.74. The molecule has 0 aliphatic heterocycles. The van der Waals surface area contributed by atoms with Crippen molar-refractivity contribution in [3.63, 3.8) is 0 Å². The summed E-state index contributed by atoms with van der Waals surface area (Å²) in [6, 6.07) is 15.8. The number of esters is 1. The molecule has 0 bridgehead atoms. The van der Waals surface area contributed by atoms with E-state index in [-0.39, 0.29) is 0 Å². The van der Waals surface area contributed by atoms with Crippen LogP contribution < -0.4 is 4.74 Å². The molecule has 104 valence electrons. The minimum absolute atomic E-state index is 0.290. The van der Waals surface area contributed by atoms with Gasteiger partial charge in [0.25, 0.3) is 0 Å². The Kier molecular flexibility index (Phi) is 4.32. The maximum Gasteiger partial charge on any atom is 0.322 e. The van der Waals surface area contributed by atoms with Crippen molar-refractivity contribution in [3.8, 4) is 22.9 Å². The molecule has 5 heteroatoms. The number of nitrogens with zero attached hydrogens (tertiary/aromatic N) is 1. The lowest BCUT2D eigenvalue weighted by Gasteiger charge is -2.05. The van der Waals surface area contributed by atoms with Crippen LogP contribution in [0, 0.1) is 11.3 Å².